The van der Waals surface area contributed by atoms with E-state index in [2.05, 4.69) is 9.71 Å². The van der Waals surface area contributed by atoms with Gasteiger partial charge >= 0.3 is 0 Å². The van der Waals surface area contributed by atoms with E-state index in [9.17, 15) is 8.42 Å². The highest BCUT2D eigenvalue weighted by Gasteiger charge is 2.15. The Morgan fingerprint density at radius 1 is 1.12 bits per heavy atom. The number of pyridine rings is 1. The summed E-state index contributed by atoms with van der Waals surface area (Å²) in [4.78, 5) is 4.28. The first-order valence-corrected chi connectivity index (χ1v) is 9.11. The third-order valence-corrected chi connectivity index (χ3v) is 4.90. The Hall–Kier alpha value is -2.60. The smallest absolute Gasteiger partial charge is 0.236 e. The number of hydrogen-bond donors (Lipinski definition) is 1. The van der Waals surface area contributed by atoms with Crippen molar-refractivity contribution in [1.29, 1.82) is 0 Å². The third-order valence-electron chi connectivity index (χ3n) is 3.66. The van der Waals surface area contributed by atoms with Gasteiger partial charge in [0.15, 0.2) is 0 Å². The molecule has 0 aliphatic heterocycles. The monoisotopic (exact) mass is 342 g/mol. The third kappa shape index (κ3) is 3.65. The van der Waals surface area contributed by atoms with Crippen LogP contribution in [0.2, 0.25) is 0 Å². The van der Waals surface area contributed by atoms with E-state index in [1.165, 1.54) is 0 Å². The Balaban J connectivity index is 1.94. The lowest BCUT2D eigenvalue weighted by Gasteiger charge is -2.12. The minimum Gasteiger partial charge on any atom is -0.497 e. The number of rotatable bonds is 5. The second-order valence-corrected chi connectivity index (χ2v) is 7.32. The first kappa shape index (κ1) is 16.3. The molecular weight excluding hydrogens is 324 g/mol. The second-order valence-electron chi connectivity index (χ2n) is 5.60. The van der Waals surface area contributed by atoms with Gasteiger partial charge in [-0.3, -0.25) is 9.71 Å². The fraction of sp³-hybridized carbons (Fsp3) is 0.167. The molecule has 1 N–H and O–H groups in total. The summed E-state index contributed by atoms with van der Waals surface area (Å²) in [5, 5.41) is 0.810. The van der Waals surface area contributed by atoms with Crippen molar-refractivity contribution in [1.82, 2.24) is 4.98 Å². The molecule has 0 saturated heterocycles. The van der Waals surface area contributed by atoms with Gasteiger partial charge in [0.25, 0.3) is 0 Å². The van der Waals surface area contributed by atoms with Crippen LogP contribution in [-0.4, -0.2) is 20.5 Å². The number of benzene rings is 2. The van der Waals surface area contributed by atoms with Crippen molar-refractivity contribution in [3.05, 3.63) is 65.9 Å². The van der Waals surface area contributed by atoms with Gasteiger partial charge in [0.1, 0.15) is 5.75 Å². The molecular formula is C18H18N2O3S. The highest BCUT2D eigenvalue weighted by Crippen LogP contribution is 2.28. The van der Waals surface area contributed by atoms with E-state index in [-0.39, 0.29) is 5.75 Å². The lowest BCUT2D eigenvalue weighted by atomic mass is 10.2. The molecule has 0 spiro atoms. The van der Waals surface area contributed by atoms with E-state index in [1.807, 2.05) is 43.3 Å². The van der Waals surface area contributed by atoms with E-state index < -0.39 is 10.0 Å². The highest BCUT2D eigenvalue weighted by molar-refractivity contribution is 7.91. The van der Waals surface area contributed by atoms with Crippen molar-refractivity contribution in [3.63, 3.8) is 0 Å². The van der Waals surface area contributed by atoms with Crippen molar-refractivity contribution < 1.29 is 13.2 Å². The lowest BCUT2D eigenvalue weighted by molar-refractivity contribution is 0.415. The summed E-state index contributed by atoms with van der Waals surface area (Å²) < 4.78 is 32.9. The Morgan fingerprint density at radius 3 is 2.58 bits per heavy atom. The summed E-state index contributed by atoms with van der Waals surface area (Å²) in [7, 11) is -2.02. The van der Waals surface area contributed by atoms with Crippen LogP contribution in [0.25, 0.3) is 10.9 Å². The van der Waals surface area contributed by atoms with Crippen LogP contribution in [0.5, 0.6) is 5.75 Å². The summed E-state index contributed by atoms with van der Waals surface area (Å²) in [5.41, 5.74) is 2.82. The molecule has 0 radical (unpaired) electrons. The van der Waals surface area contributed by atoms with Gasteiger partial charge in [-0.2, -0.15) is 0 Å². The van der Waals surface area contributed by atoms with E-state index in [4.69, 9.17) is 4.74 Å². The SMILES string of the molecule is COc1cc(NS(=O)(=O)Cc2ccc(C)cc2)c2ncccc2c1. The van der Waals surface area contributed by atoms with Crippen molar-refractivity contribution >= 4 is 26.6 Å². The molecule has 0 fully saturated rings. The maximum Gasteiger partial charge on any atom is 0.236 e. The summed E-state index contributed by atoms with van der Waals surface area (Å²) in [6.07, 6.45) is 1.63. The molecule has 0 bridgehead atoms. The van der Waals surface area contributed by atoms with Crippen molar-refractivity contribution in [2.75, 3.05) is 11.8 Å². The van der Waals surface area contributed by atoms with Crippen LogP contribution in [0.15, 0.2) is 54.7 Å². The predicted molar refractivity (Wildman–Crippen MR) is 95.7 cm³/mol. The minimum atomic E-state index is -3.56. The number of aromatic nitrogens is 1. The fourth-order valence-corrected chi connectivity index (χ4v) is 3.66. The molecule has 0 unspecified atom stereocenters. The van der Waals surface area contributed by atoms with Gasteiger partial charge in [0.2, 0.25) is 10.0 Å². The molecule has 1 heterocycles. The molecule has 1 aromatic heterocycles. The number of aryl methyl sites for hydroxylation is 1. The number of nitrogens with zero attached hydrogens (tertiary/aromatic N) is 1. The van der Waals surface area contributed by atoms with Crippen molar-refractivity contribution in [2.24, 2.45) is 0 Å². The predicted octanol–water partition coefficient (Wildman–Crippen LogP) is 3.49. The van der Waals surface area contributed by atoms with Crippen LogP contribution in [-0.2, 0) is 15.8 Å². The lowest BCUT2D eigenvalue weighted by Crippen LogP contribution is -2.15. The highest BCUT2D eigenvalue weighted by atomic mass is 32.2. The topological polar surface area (TPSA) is 68.3 Å². The van der Waals surface area contributed by atoms with Gasteiger partial charge in [0, 0.05) is 17.6 Å². The molecule has 2 aromatic carbocycles. The molecule has 24 heavy (non-hydrogen) atoms. The van der Waals surface area contributed by atoms with Crippen LogP contribution in [0, 0.1) is 6.92 Å². The zero-order valence-corrected chi connectivity index (χ0v) is 14.3. The molecule has 5 nitrogen and oxygen atoms in total. The molecule has 0 atom stereocenters. The Bertz CT molecular complexity index is 967. The number of hydrogen-bond acceptors (Lipinski definition) is 4. The van der Waals surface area contributed by atoms with E-state index in [0.29, 0.717) is 17.0 Å². The van der Waals surface area contributed by atoms with Crippen molar-refractivity contribution in [2.45, 2.75) is 12.7 Å². The zero-order chi connectivity index (χ0) is 17.2. The molecule has 6 heteroatoms. The second kappa shape index (κ2) is 6.49. The van der Waals surface area contributed by atoms with Gasteiger partial charge in [-0.05, 0) is 24.6 Å². The average Bonchev–Trinajstić information content (AvgIpc) is 2.56. The number of sulfonamides is 1. The van der Waals surface area contributed by atoms with Crippen LogP contribution >= 0.6 is 0 Å². The van der Waals surface area contributed by atoms with Crippen LogP contribution in [0.1, 0.15) is 11.1 Å². The number of fused-ring (bicyclic) bond motifs is 1. The fourth-order valence-electron chi connectivity index (χ4n) is 2.47. The number of ether oxygens (including phenoxy) is 1. The first-order chi connectivity index (χ1) is 11.5. The summed E-state index contributed by atoms with van der Waals surface area (Å²) in [6.45, 7) is 1.96. The molecule has 124 valence electrons. The molecule has 0 aliphatic rings. The van der Waals surface area contributed by atoms with Crippen molar-refractivity contribution in [3.8, 4) is 5.75 Å². The quantitative estimate of drug-likeness (QED) is 0.770. The van der Waals surface area contributed by atoms with Gasteiger partial charge in [0.05, 0.1) is 24.1 Å². The zero-order valence-electron chi connectivity index (χ0n) is 13.5. The summed E-state index contributed by atoms with van der Waals surface area (Å²) in [5.74, 6) is 0.474. The number of nitrogens with one attached hydrogen (secondary N) is 1. The molecule has 0 aliphatic carbocycles. The van der Waals surface area contributed by atoms with Crippen LogP contribution in [0.4, 0.5) is 5.69 Å². The van der Waals surface area contributed by atoms with Crippen LogP contribution < -0.4 is 9.46 Å². The van der Waals surface area contributed by atoms with Crippen LogP contribution in [0.3, 0.4) is 0 Å². The van der Waals surface area contributed by atoms with Gasteiger partial charge < -0.3 is 4.74 Å². The Morgan fingerprint density at radius 2 is 1.88 bits per heavy atom. The average molecular weight is 342 g/mol. The summed E-state index contributed by atoms with van der Waals surface area (Å²) >= 11 is 0. The van der Waals surface area contributed by atoms with Gasteiger partial charge in [-0.1, -0.05) is 35.9 Å². The summed E-state index contributed by atoms with van der Waals surface area (Å²) in [6, 6.07) is 14.5. The van der Waals surface area contributed by atoms with Gasteiger partial charge in [-0.25, -0.2) is 8.42 Å². The Labute approximate surface area is 141 Å². The standard InChI is InChI=1S/C18H18N2O3S/c1-13-5-7-14(8-6-13)12-24(21,22)20-17-11-16(23-2)10-15-4-3-9-19-18(15)17/h3-11,20H,12H2,1-2H3. The number of methoxy groups -OCH3 is 1. The minimum absolute atomic E-state index is 0.0984. The molecule has 0 amide bonds. The number of anilines is 1. The van der Waals surface area contributed by atoms with E-state index in [1.54, 1.807) is 25.4 Å². The maximum absolute atomic E-state index is 12.5. The molecule has 3 rings (SSSR count). The van der Waals surface area contributed by atoms with E-state index >= 15 is 0 Å². The maximum atomic E-state index is 12.5. The largest absolute Gasteiger partial charge is 0.497 e. The Kier molecular flexibility index (Phi) is 4.40. The first-order valence-electron chi connectivity index (χ1n) is 7.46. The van der Waals surface area contributed by atoms with Gasteiger partial charge in [-0.15, -0.1) is 0 Å². The molecule has 3 aromatic rings. The normalized spacial score (nSPS) is 11.4. The van der Waals surface area contributed by atoms with E-state index in [0.717, 1.165) is 16.5 Å². The molecule has 0 saturated carbocycles.